The monoisotopic (exact) mass is 608 g/mol. The van der Waals surface area contributed by atoms with Gasteiger partial charge in [0, 0.05) is 29.2 Å². The van der Waals surface area contributed by atoms with Crippen LogP contribution in [-0.4, -0.2) is 54.9 Å². The number of carbonyl (C=O) groups excluding carboxylic acids is 2. The highest BCUT2D eigenvalue weighted by atomic mass is 79.9. The van der Waals surface area contributed by atoms with Crippen molar-refractivity contribution in [2.45, 2.75) is 64.6 Å². The van der Waals surface area contributed by atoms with Crippen LogP contribution in [0.25, 0.3) is 0 Å². The lowest BCUT2D eigenvalue weighted by Crippen LogP contribution is -2.53. The molecular weight excluding hydrogens is 576 g/mol. The first-order valence-corrected chi connectivity index (χ1v) is 15.1. The lowest BCUT2D eigenvalue weighted by atomic mass is 9.95. The number of sulfonamides is 1. The van der Waals surface area contributed by atoms with Crippen LogP contribution < -0.4 is 9.62 Å². The second-order valence-electron chi connectivity index (χ2n) is 9.67. The summed E-state index contributed by atoms with van der Waals surface area (Å²) in [5, 5.41) is 14.4. The van der Waals surface area contributed by atoms with Crippen molar-refractivity contribution in [1.82, 2.24) is 10.2 Å². The van der Waals surface area contributed by atoms with Crippen molar-refractivity contribution in [3.63, 3.8) is 0 Å². The fourth-order valence-corrected chi connectivity index (χ4v) is 5.90. The van der Waals surface area contributed by atoms with Gasteiger partial charge in [0.1, 0.15) is 12.6 Å². The molecule has 1 saturated carbocycles. The summed E-state index contributed by atoms with van der Waals surface area (Å²) in [6, 6.07) is 10.3. The van der Waals surface area contributed by atoms with Crippen molar-refractivity contribution in [3.8, 4) is 0 Å². The van der Waals surface area contributed by atoms with Gasteiger partial charge in [0.05, 0.1) is 16.9 Å². The molecule has 0 spiro atoms. The van der Waals surface area contributed by atoms with E-state index in [4.69, 9.17) is 0 Å². The van der Waals surface area contributed by atoms with Crippen molar-refractivity contribution in [2.75, 3.05) is 17.1 Å². The molecule has 0 aromatic heterocycles. The molecule has 1 unspecified atom stereocenters. The minimum absolute atomic E-state index is 0.0387. The normalized spacial score (nSPS) is 14.9. The van der Waals surface area contributed by atoms with E-state index in [9.17, 15) is 28.1 Å². The molecule has 10 nitrogen and oxygen atoms in total. The molecule has 1 fully saturated rings. The average Bonchev–Trinajstić information content (AvgIpc) is 2.85. The highest BCUT2D eigenvalue weighted by Gasteiger charge is 2.32. The Morgan fingerprint density at radius 2 is 1.84 bits per heavy atom. The van der Waals surface area contributed by atoms with Gasteiger partial charge in [-0.3, -0.25) is 24.0 Å². The Kier molecular flexibility index (Phi) is 9.88. The summed E-state index contributed by atoms with van der Waals surface area (Å²) >= 11 is 3.42. The van der Waals surface area contributed by atoms with Crippen molar-refractivity contribution in [3.05, 3.63) is 68.2 Å². The number of hydrogen-bond donors (Lipinski definition) is 1. The Labute approximate surface area is 231 Å². The summed E-state index contributed by atoms with van der Waals surface area (Å²) < 4.78 is 27.2. The van der Waals surface area contributed by atoms with Crippen LogP contribution in [0.4, 0.5) is 11.4 Å². The maximum Gasteiger partial charge on any atom is 0.271 e. The predicted molar refractivity (Wildman–Crippen MR) is 149 cm³/mol. The van der Waals surface area contributed by atoms with Crippen LogP contribution in [0.2, 0.25) is 0 Å². The van der Waals surface area contributed by atoms with Gasteiger partial charge >= 0.3 is 0 Å². The number of halogens is 1. The number of non-ortho nitro benzene ring substituents is 1. The van der Waals surface area contributed by atoms with Gasteiger partial charge in [0.15, 0.2) is 0 Å². The van der Waals surface area contributed by atoms with E-state index in [0.717, 1.165) is 58.8 Å². The minimum Gasteiger partial charge on any atom is -0.352 e. The van der Waals surface area contributed by atoms with E-state index < -0.39 is 33.4 Å². The van der Waals surface area contributed by atoms with E-state index in [1.54, 1.807) is 13.8 Å². The van der Waals surface area contributed by atoms with Crippen molar-refractivity contribution < 1.29 is 22.9 Å². The summed E-state index contributed by atoms with van der Waals surface area (Å²) in [5.41, 5.74) is 0.951. The number of benzene rings is 2. The van der Waals surface area contributed by atoms with Crippen LogP contribution in [0, 0.1) is 17.0 Å². The first-order chi connectivity index (χ1) is 17.9. The summed E-state index contributed by atoms with van der Waals surface area (Å²) in [7, 11) is -4.00. The number of hydrogen-bond acceptors (Lipinski definition) is 6. The highest BCUT2D eigenvalue weighted by Crippen LogP contribution is 2.28. The zero-order chi connectivity index (χ0) is 28.0. The number of carbonyl (C=O) groups is 2. The van der Waals surface area contributed by atoms with Crippen LogP contribution in [0.5, 0.6) is 0 Å². The van der Waals surface area contributed by atoms with E-state index >= 15 is 0 Å². The summed E-state index contributed by atoms with van der Waals surface area (Å²) in [6.45, 7) is 2.69. The zero-order valence-corrected chi connectivity index (χ0v) is 24.1. The quantitative estimate of drug-likeness (QED) is 0.316. The molecule has 0 bridgehead atoms. The number of rotatable bonds is 10. The minimum atomic E-state index is -4.00. The summed E-state index contributed by atoms with van der Waals surface area (Å²) in [4.78, 5) is 39.0. The number of nitro benzene ring substituents is 1. The first-order valence-electron chi connectivity index (χ1n) is 12.4. The van der Waals surface area contributed by atoms with Crippen LogP contribution >= 0.6 is 15.9 Å². The first kappa shape index (κ1) is 29.6. The van der Waals surface area contributed by atoms with Gasteiger partial charge in [0.25, 0.3) is 5.69 Å². The second kappa shape index (κ2) is 12.7. The average molecular weight is 610 g/mol. The number of nitro groups is 1. The third kappa shape index (κ3) is 7.76. The highest BCUT2D eigenvalue weighted by molar-refractivity contribution is 9.10. The molecule has 3 rings (SSSR count). The van der Waals surface area contributed by atoms with Gasteiger partial charge in [-0.05, 0) is 49.9 Å². The Hall–Kier alpha value is -2.99. The van der Waals surface area contributed by atoms with E-state index in [-0.39, 0.29) is 29.9 Å². The molecule has 2 aromatic carbocycles. The van der Waals surface area contributed by atoms with Crippen LogP contribution in [0.3, 0.4) is 0 Å². The largest absolute Gasteiger partial charge is 0.352 e. The molecule has 2 aromatic rings. The van der Waals surface area contributed by atoms with Crippen LogP contribution in [0.1, 0.15) is 50.2 Å². The molecule has 38 heavy (non-hydrogen) atoms. The Morgan fingerprint density at radius 1 is 1.16 bits per heavy atom. The standard InChI is InChI=1S/C26H33BrN4O6S/c1-18-12-13-23(31(34)35)15-24(18)30(38(3,36)37)17-25(32)29(16-20-8-7-9-21(27)14-20)19(2)26(33)28-22-10-5-4-6-11-22/h7-9,12-15,19,22H,4-6,10-11,16-17H2,1-3H3,(H,28,33). The Bertz CT molecular complexity index is 1300. The predicted octanol–water partition coefficient (Wildman–Crippen LogP) is 4.30. The molecule has 0 heterocycles. The van der Waals surface area contributed by atoms with E-state index in [1.807, 2.05) is 24.3 Å². The molecule has 12 heteroatoms. The van der Waals surface area contributed by atoms with Gasteiger partial charge in [0.2, 0.25) is 21.8 Å². The molecule has 2 amide bonds. The lowest BCUT2D eigenvalue weighted by molar-refractivity contribution is -0.384. The molecule has 1 aliphatic rings. The van der Waals surface area contributed by atoms with Gasteiger partial charge in [-0.15, -0.1) is 0 Å². The molecule has 0 aliphatic heterocycles. The molecule has 1 aliphatic carbocycles. The summed E-state index contributed by atoms with van der Waals surface area (Å²) in [5.74, 6) is -0.912. The fraction of sp³-hybridized carbons (Fsp3) is 0.462. The molecule has 1 N–H and O–H groups in total. The number of nitrogens with zero attached hydrogens (tertiary/aromatic N) is 3. The molecule has 1 atom stereocenters. The van der Waals surface area contributed by atoms with Crippen LogP contribution in [-0.2, 0) is 26.2 Å². The number of aryl methyl sites for hydroxylation is 1. The third-order valence-electron chi connectivity index (χ3n) is 6.71. The van der Waals surface area contributed by atoms with Crippen molar-refractivity contribution in [1.29, 1.82) is 0 Å². The number of anilines is 1. The SMILES string of the molecule is Cc1ccc([N+](=O)[O-])cc1N(CC(=O)N(Cc1cccc(Br)c1)C(C)C(=O)NC1CCCCC1)S(C)(=O)=O. The van der Waals surface area contributed by atoms with Crippen molar-refractivity contribution in [2.24, 2.45) is 0 Å². The Morgan fingerprint density at radius 3 is 2.45 bits per heavy atom. The van der Waals surface area contributed by atoms with Gasteiger partial charge in [-0.25, -0.2) is 8.42 Å². The van der Waals surface area contributed by atoms with Gasteiger partial charge in [-0.2, -0.15) is 0 Å². The maximum atomic E-state index is 13.7. The molecule has 206 valence electrons. The van der Waals surface area contributed by atoms with E-state index in [2.05, 4.69) is 21.2 Å². The van der Waals surface area contributed by atoms with Gasteiger partial charge < -0.3 is 10.2 Å². The van der Waals surface area contributed by atoms with E-state index in [1.165, 1.54) is 17.0 Å². The maximum absolute atomic E-state index is 13.7. The molecule has 0 radical (unpaired) electrons. The van der Waals surface area contributed by atoms with Crippen molar-refractivity contribution >= 4 is 49.1 Å². The Balaban J connectivity index is 1.93. The molecular formula is C26H33BrN4O6S. The number of nitrogens with one attached hydrogen (secondary N) is 1. The lowest BCUT2D eigenvalue weighted by Gasteiger charge is -2.33. The van der Waals surface area contributed by atoms with Gasteiger partial charge in [-0.1, -0.05) is 53.4 Å². The summed E-state index contributed by atoms with van der Waals surface area (Å²) in [6.07, 6.45) is 5.90. The number of amides is 2. The zero-order valence-electron chi connectivity index (χ0n) is 21.7. The third-order valence-corrected chi connectivity index (χ3v) is 8.33. The van der Waals surface area contributed by atoms with Crippen LogP contribution in [0.15, 0.2) is 46.9 Å². The fourth-order valence-electron chi connectivity index (χ4n) is 4.56. The molecule has 0 saturated heterocycles. The smallest absolute Gasteiger partial charge is 0.271 e. The topological polar surface area (TPSA) is 130 Å². The second-order valence-corrected chi connectivity index (χ2v) is 12.5. The van der Waals surface area contributed by atoms with E-state index in [0.29, 0.717) is 5.56 Å².